The third kappa shape index (κ3) is 3.05. The first kappa shape index (κ1) is 23.0. The molecule has 3 aromatic rings. The fourth-order valence-corrected chi connectivity index (χ4v) is 8.48. The number of para-hydroxylation sites is 1. The lowest BCUT2D eigenvalue weighted by Gasteiger charge is -2.43. The van der Waals surface area contributed by atoms with Gasteiger partial charge in [-0.15, -0.1) is 0 Å². The average Bonchev–Trinajstić information content (AvgIpc) is 3.14. The van der Waals surface area contributed by atoms with Crippen LogP contribution < -0.4 is 5.56 Å². The number of hydrogen-bond acceptors (Lipinski definition) is 6. The van der Waals surface area contributed by atoms with Gasteiger partial charge < -0.3 is 14.3 Å². The maximum atomic E-state index is 13.7. The fourth-order valence-electron chi connectivity index (χ4n) is 5.47. The third-order valence-corrected chi connectivity index (χ3v) is 12.4. The predicted molar refractivity (Wildman–Crippen MR) is 132 cm³/mol. The van der Waals surface area contributed by atoms with Crippen LogP contribution in [0.25, 0.3) is 22.3 Å². The van der Waals surface area contributed by atoms with Gasteiger partial charge in [0.1, 0.15) is 6.61 Å². The van der Waals surface area contributed by atoms with E-state index >= 15 is 0 Å². The quantitative estimate of drug-likeness (QED) is 0.411. The highest BCUT2D eigenvalue weighted by Gasteiger charge is 2.52. The Hall–Kier alpha value is -2.81. The van der Waals surface area contributed by atoms with E-state index in [1.54, 1.807) is 0 Å². The Morgan fingerprint density at radius 3 is 2.53 bits per heavy atom. The summed E-state index contributed by atoms with van der Waals surface area (Å²) in [6.07, 6.45) is -0.790. The Labute approximate surface area is 199 Å². The number of fused-ring (bicyclic) bond motifs is 5. The van der Waals surface area contributed by atoms with Gasteiger partial charge in [-0.05, 0) is 42.8 Å². The van der Waals surface area contributed by atoms with Gasteiger partial charge in [0.2, 0.25) is 0 Å². The van der Waals surface area contributed by atoms with Crippen LogP contribution in [-0.2, 0) is 26.2 Å². The molecule has 8 heteroatoms. The monoisotopic (exact) mass is 478 g/mol. The Balaban J connectivity index is 1.78. The highest BCUT2D eigenvalue weighted by molar-refractivity contribution is 6.73. The lowest BCUT2D eigenvalue weighted by molar-refractivity contribution is -0.170. The van der Waals surface area contributed by atoms with Crippen LogP contribution >= 0.6 is 0 Å². The van der Waals surface area contributed by atoms with Gasteiger partial charge >= 0.3 is 5.97 Å². The summed E-state index contributed by atoms with van der Waals surface area (Å²) in [5.74, 6) is -0.440. The number of carbonyl (C=O) groups excluding carboxylic acids is 1. The van der Waals surface area contributed by atoms with Gasteiger partial charge in [-0.25, -0.2) is 9.78 Å². The molecule has 5 rings (SSSR count). The van der Waals surface area contributed by atoms with E-state index in [9.17, 15) is 14.7 Å². The molecule has 178 valence electrons. The van der Waals surface area contributed by atoms with E-state index < -0.39 is 26.1 Å². The van der Waals surface area contributed by atoms with Crippen molar-refractivity contribution in [1.29, 1.82) is 0 Å². The zero-order valence-electron chi connectivity index (χ0n) is 20.1. The molecular weight excluding hydrogens is 448 g/mol. The van der Waals surface area contributed by atoms with Gasteiger partial charge in [-0.2, -0.15) is 0 Å². The second-order valence-corrected chi connectivity index (χ2v) is 13.9. The number of benzene rings is 1. The average molecular weight is 479 g/mol. The van der Waals surface area contributed by atoms with Crippen molar-refractivity contribution in [2.75, 3.05) is 0 Å². The van der Waals surface area contributed by atoms with E-state index in [-0.39, 0.29) is 12.2 Å². The topological polar surface area (TPSA) is 90.7 Å². The lowest BCUT2D eigenvalue weighted by atomic mass is 9.86. The molecule has 2 atom stereocenters. The standard InChI is InChI=1S/C26H30N2O5Si/c1-5-26(33-34(6-2,7-3)8-4)19-14-21-22-17(13-16-11-9-10-12-20(16)27-22)23(29)28(21)24(30)18(19)15-32-25(26)31/h9-14,23,29H,5-8,15H2,1-4H3/t23?,26-/m0/s1. The number of cyclic esters (lactones) is 1. The minimum atomic E-state index is -2.25. The number of aliphatic hydroxyl groups excluding tert-OH is 1. The first-order valence-electron chi connectivity index (χ1n) is 12.1. The van der Waals surface area contributed by atoms with E-state index in [1.165, 1.54) is 4.57 Å². The number of rotatable bonds is 6. The molecule has 0 fully saturated rings. The van der Waals surface area contributed by atoms with Gasteiger partial charge in [0.05, 0.1) is 22.5 Å². The van der Waals surface area contributed by atoms with Crippen LogP contribution in [0.1, 0.15) is 57.0 Å². The summed E-state index contributed by atoms with van der Waals surface area (Å²) in [5, 5.41) is 12.0. The van der Waals surface area contributed by atoms with Crippen LogP contribution in [-0.4, -0.2) is 28.9 Å². The molecule has 0 radical (unpaired) electrons. The number of pyridine rings is 2. The number of ether oxygens (including phenoxy) is 1. The van der Waals surface area contributed by atoms with E-state index in [0.29, 0.717) is 34.5 Å². The molecule has 34 heavy (non-hydrogen) atoms. The minimum Gasteiger partial charge on any atom is -0.458 e. The molecule has 1 aromatic carbocycles. The fraction of sp³-hybridized carbons (Fsp3) is 0.423. The zero-order valence-corrected chi connectivity index (χ0v) is 21.1. The summed E-state index contributed by atoms with van der Waals surface area (Å²) in [7, 11) is -2.25. The van der Waals surface area contributed by atoms with Crippen molar-refractivity contribution in [3.63, 3.8) is 0 Å². The number of nitrogens with zero attached hydrogens (tertiary/aromatic N) is 2. The van der Waals surface area contributed by atoms with Crippen molar-refractivity contribution in [2.45, 2.75) is 70.7 Å². The third-order valence-electron chi connectivity index (χ3n) is 7.80. The Bertz CT molecular complexity index is 1360. The van der Waals surface area contributed by atoms with E-state index in [1.807, 2.05) is 43.3 Å². The van der Waals surface area contributed by atoms with Crippen LogP contribution in [0.4, 0.5) is 0 Å². The summed E-state index contributed by atoms with van der Waals surface area (Å²) in [6.45, 7) is 8.09. The molecule has 2 aliphatic rings. The van der Waals surface area contributed by atoms with Crippen molar-refractivity contribution in [1.82, 2.24) is 9.55 Å². The molecular formula is C26H30N2O5Si. The molecule has 1 N–H and O–H groups in total. The van der Waals surface area contributed by atoms with Gasteiger partial charge in [0, 0.05) is 16.5 Å². The first-order valence-corrected chi connectivity index (χ1v) is 14.6. The molecule has 0 aliphatic carbocycles. The summed E-state index contributed by atoms with van der Waals surface area (Å²) in [4.78, 5) is 31.8. The van der Waals surface area contributed by atoms with E-state index in [2.05, 4.69) is 20.8 Å². The van der Waals surface area contributed by atoms with Gasteiger partial charge in [-0.1, -0.05) is 45.9 Å². The Morgan fingerprint density at radius 1 is 1.15 bits per heavy atom. The number of esters is 1. The highest BCUT2D eigenvalue weighted by Crippen LogP contribution is 2.45. The van der Waals surface area contributed by atoms with Crippen LogP contribution in [0.3, 0.4) is 0 Å². The molecule has 1 unspecified atom stereocenters. The lowest BCUT2D eigenvalue weighted by Crippen LogP contribution is -2.53. The Morgan fingerprint density at radius 2 is 1.85 bits per heavy atom. The maximum Gasteiger partial charge on any atom is 0.342 e. The normalized spacial score (nSPS) is 21.2. The van der Waals surface area contributed by atoms with Crippen molar-refractivity contribution < 1.29 is 19.1 Å². The van der Waals surface area contributed by atoms with Crippen molar-refractivity contribution in [3.05, 3.63) is 63.4 Å². The number of aliphatic hydroxyl groups is 1. The van der Waals surface area contributed by atoms with Crippen LogP contribution in [0.5, 0.6) is 0 Å². The first-order chi connectivity index (χ1) is 16.3. The number of carbonyl (C=O) groups is 1. The molecule has 0 saturated carbocycles. The highest BCUT2D eigenvalue weighted by atomic mass is 28.4. The van der Waals surface area contributed by atoms with Crippen molar-refractivity contribution in [3.8, 4) is 11.4 Å². The maximum absolute atomic E-state index is 13.7. The van der Waals surface area contributed by atoms with Crippen LogP contribution in [0, 0.1) is 0 Å². The van der Waals surface area contributed by atoms with Crippen molar-refractivity contribution >= 4 is 25.2 Å². The number of aromatic nitrogens is 2. The van der Waals surface area contributed by atoms with Crippen LogP contribution in [0.15, 0.2) is 41.2 Å². The molecule has 4 heterocycles. The largest absolute Gasteiger partial charge is 0.458 e. The molecule has 0 spiro atoms. The minimum absolute atomic E-state index is 0.129. The van der Waals surface area contributed by atoms with Crippen LogP contribution in [0.2, 0.25) is 18.1 Å². The summed E-state index contributed by atoms with van der Waals surface area (Å²) in [5.41, 5.74) is 1.64. The SMILES string of the molecule is CC[C@@]1(O[Si](CC)(CC)CC)C(=O)OCc2c1cc1n(c2=O)C(O)c2cc3ccccc3nc2-1. The zero-order chi connectivity index (χ0) is 24.3. The van der Waals surface area contributed by atoms with Gasteiger partial charge in [-0.3, -0.25) is 9.36 Å². The summed E-state index contributed by atoms with van der Waals surface area (Å²) < 4.78 is 13.7. The van der Waals surface area contributed by atoms with Gasteiger partial charge in [0.15, 0.2) is 20.1 Å². The second-order valence-electron chi connectivity index (χ2n) is 9.19. The summed E-state index contributed by atoms with van der Waals surface area (Å²) >= 11 is 0. The Kier molecular flexibility index (Phi) is 5.50. The van der Waals surface area contributed by atoms with Gasteiger partial charge in [0.25, 0.3) is 5.56 Å². The number of hydrogen-bond donors (Lipinski definition) is 1. The van der Waals surface area contributed by atoms with E-state index in [4.69, 9.17) is 14.1 Å². The van der Waals surface area contributed by atoms with Crippen molar-refractivity contribution in [2.24, 2.45) is 0 Å². The molecule has 0 bridgehead atoms. The van der Waals surface area contributed by atoms with E-state index in [0.717, 1.165) is 29.0 Å². The second kappa shape index (κ2) is 8.15. The smallest absolute Gasteiger partial charge is 0.342 e. The molecule has 7 nitrogen and oxygen atoms in total. The predicted octanol–water partition coefficient (Wildman–Crippen LogP) is 4.60. The molecule has 0 amide bonds. The molecule has 0 saturated heterocycles. The molecule has 2 aromatic heterocycles. The summed E-state index contributed by atoms with van der Waals surface area (Å²) in [6, 6.07) is 14.0. The molecule has 2 aliphatic heterocycles.